The third-order valence-corrected chi connectivity index (χ3v) is 6.49. The second-order valence-corrected chi connectivity index (χ2v) is 11.7. The number of aromatic nitrogens is 3. The Morgan fingerprint density at radius 2 is 1.32 bits per heavy atom. The van der Waals surface area contributed by atoms with Crippen molar-refractivity contribution < 1.29 is 20.1 Å². The molecule has 0 aliphatic rings. The maximum atomic E-state index is 11.9. The first-order valence-corrected chi connectivity index (χ1v) is 13.1. The van der Waals surface area contributed by atoms with Crippen LogP contribution in [-0.4, -0.2) is 36.1 Å². The Balaban J connectivity index is 0.000000201. The number of carbonyl (C=O) groups is 1. The predicted octanol–water partition coefficient (Wildman–Crippen LogP) is 7.17. The highest BCUT2D eigenvalue weighted by atomic mass is 16.3. The first kappa shape index (κ1) is 28.4. The molecule has 5 aromatic rings. The van der Waals surface area contributed by atoms with Gasteiger partial charge in [0.2, 0.25) is 0 Å². The molecule has 0 fully saturated rings. The highest BCUT2D eigenvalue weighted by Crippen LogP contribution is 2.38. The highest BCUT2D eigenvalue weighted by molar-refractivity contribution is 6.10. The van der Waals surface area contributed by atoms with Gasteiger partial charge in [0.05, 0.1) is 5.56 Å². The van der Waals surface area contributed by atoms with E-state index in [4.69, 9.17) is 5.11 Å². The summed E-state index contributed by atoms with van der Waals surface area (Å²) < 4.78 is 0. The number of fused-ring (bicyclic) bond motifs is 1. The number of phenols is 3. The van der Waals surface area contributed by atoms with Crippen LogP contribution in [0.15, 0.2) is 91.0 Å². The van der Waals surface area contributed by atoms with E-state index in [1.165, 1.54) is 22.5 Å². The monoisotopic (exact) mass is 537 g/mol. The number of aromatic hydroxyl groups is 3. The van der Waals surface area contributed by atoms with Gasteiger partial charge < -0.3 is 15.3 Å². The van der Waals surface area contributed by atoms with Crippen molar-refractivity contribution >= 4 is 16.8 Å². The van der Waals surface area contributed by atoms with Crippen molar-refractivity contribution in [2.24, 2.45) is 5.41 Å². The van der Waals surface area contributed by atoms with Crippen LogP contribution >= 0.6 is 0 Å². The van der Waals surface area contributed by atoms with E-state index in [9.17, 15) is 15.0 Å². The van der Waals surface area contributed by atoms with E-state index in [2.05, 4.69) is 44.8 Å². The Hall–Kier alpha value is -4.65. The zero-order chi connectivity index (χ0) is 29.1. The number of nitrogens with zero attached hydrogens (tertiary/aromatic N) is 3. The molecule has 0 radical (unpaired) electrons. The minimum absolute atomic E-state index is 0.00667. The molecular formula is C33H35N3O4. The summed E-state index contributed by atoms with van der Waals surface area (Å²) in [7, 11) is 0. The maximum absolute atomic E-state index is 11.9. The van der Waals surface area contributed by atoms with Crippen LogP contribution in [0, 0.1) is 5.41 Å². The van der Waals surface area contributed by atoms with Crippen LogP contribution in [0.2, 0.25) is 0 Å². The zero-order valence-corrected chi connectivity index (χ0v) is 23.5. The molecule has 0 spiro atoms. The Kier molecular flexibility index (Phi) is 7.96. The molecule has 7 heteroatoms. The van der Waals surface area contributed by atoms with Gasteiger partial charge in [0.1, 0.15) is 34.0 Å². The van der Waals surface area contributed by atoms with Crippen molar-refractivity contribution in [3.05, 3.63) is 108 Å². The molecule has 40 heavy (non-hydrogen) atoms. The third-order valence-electron chi connectivity index (χ3n) is 6.49. The topological polar surface area (TPSA) is 108 Å². The molecule has 3 N–H and O–H groups in total. The van der Waals surface area contributed by atoms with Gasteiger partial charge in [-0.05, 0) is 59.2 Å². The van der Waals surface area contributed by atoms with E-state index < -0.39 is 0 Å². The summed E-state index contributed by atoms with van der Waals surface area (Å²) in [4.78, 5) is 13.5. The number of ketones is 1. The summed E-state index contributed by atoms with van der Waals surface area (Å²) in [5.74, 6) is -0.361. The average molecular weight is 538 g/mol. The lowest BCUT2D eigenvalue weighted by Gasteiger charge is -2.33. The quantitative estimate of drug-likeness (QED) is 0.205. The first-order valence-electron chi connectivity index (χ1n) is 13.1. The minimum Gasteiger partial charge on any atom is -0.508 e. The fraction of sp³-hybridized carbons (Fsp3) is 0.242. The molecular weight excluding hydrogens is 502 g/mol. The molecule has 1 aromatic heterocycles. The van der Waals surface area contributed by atoms with Gasteiger partial charge in [-0.2, -0.15) is 0 Å². The summed E-state index contributed by atoms with van der Waals surface area (Å²) in [6.45, 7) is 11.2. The average Bonchev–Trinajstić information content (AvgIpc) is 3.32. The molecule has 0 aliphatic carbocycles. The molecule has 0 bridgehead atoms. The molecule has 0 amide bonds. The van der Waals surface area contributed by atoms with E-state index >= 15 is 0 Å². The van der Waals surface area contributed by atoms with Crippen molar-refractivity contribution in [3.63, 3.8) is 0 Å². The van der Waals surface area contributed by atoms with Crippen LogP contribution in [0.25, 0.3) is 16.7 Å². The smallest absolute Gasteiger partial charge is 0.196 e. The second kappa shape index (κ2) is 11.2. The van der Waals surface area contributed by atoms with Gasteiger partial charge in [-0.15, -0.1) is 15.0 Å². The fourth-order valence-electron chi connectivity index (χ4n) is 4.96. The molecule has 5 rings (SSSR count). The van der Waals surface area contributed by atoms with Crippen LogP contribution in [0.5, 0.6) is 17.2 Å². The lowest BCUT2D eigenvalue weighted by atomic mass is 9.72. The van der Waals surface area contributed by atoms with Gasteiger partial charge >= 0.3 is 0 Å². The van der Waals surface area contributed by atoms with E-state index in [-0.39, 0.29) is 39.4 Å². The summed E-state index contributed by atoms with van der Waals surface area (Å²) in [5, 5.41) is 37.9. The molecule has 1 heterocycles. The molecule has 4 aromatic carbocycles. The molecule has 0 unspecified atom stereocenters. The summed E-state index contributed by atoms with van der Waals surface area (Å²) in [6, 6.07) is 26.0. The normalized spacial score (nSPS) is 11.6. The Morgan fingerprint density at radius 3 is 1.90 bits per heavy atom. The number of rotatable bonds is 5. The summed E-state index contributed by atoms with van der Waals surface area (Å²) in [6.07, 6.45) is 1.04. The van der Waals surface area contributed by atoms with Crippen LogP contribution in [-0.2, 0) is 5.41 Å². The van der Waals surface area contributed by atoms with Gasteiger partial charge in [-0.25, -0.2) is 0 Å². The van der Waals surface area contributed by atoms with Crippen molar-refractivity contribution in [1.82, 2.24) is 15.0 Å². The van der Waals surface area contributed by atoms with Crippen molar-refractivity contribution in [2.45, 2.75) is 46.5 Å². The molecule has 206 valence electrons. The van der Waals surface area contributed by atoms with Gasteiger partial charge in [-0.3, -0.25) is 4.79 Å². The summed E-state index contributed by atoms with van der Waals surface area (Å²) in [5.41, 5.74) is 4.32. The maximum Gasteiger partial charge on any atom is 0.196 e. The molecule has 0 atom stereocenters. The predicted molar refractivity (Wildman–Crippen MR) is 157 cm³/mol. The fourth-order valence-corrected chi connectivity index (χ4v) is 4.96. The van der Waals surface area contributed by atoms with Gasteiger partial charge in [-0.1, -0.05) is 83.1 Å². The first-order chi connectivity index (χ1) is 18.8. The minimum atomic E-state index is -0.266. The number of carbonyl (C=O) groups excluding carboxylic acids is 1. The molecule has 0 saturated carbocycles. The third kappa shape index (κ3) is 6.67. The summed E-state index contributed by atoms with van der Waals surface area (Å²) >= 11 is 0. The number of phenolic OH excluding ortho intramolecular Hbond substituents is 3. The number of hydrogen-bond donors (Lipinski definition) is 3. The lowest BCUT2D eigenvalue weighted by Crippen LogP contribution is -2.25. The van der Waals surface area contributed by atoms with Crippen LogP contribution in [0.4, 0.5) is 0 Å². The van der Waals surface area contributed by atoms with Crippen molar-refractivity contribution in [2.75, 3.05) is 0 Å². The molecule has 0 aliphatic heterocycles. The Labute approximate surface area is 234 Å². The standard InChI is InChI=1S/C20H25N3O.C13H10O3/c1-19(2,3)13-20(4,5)14-10-11-18(24)17(12-14)23-21-15-8-6-7-9-16(15)22-23;14-10-6-7-11(12(15)8-10)13(16)9-4-2-1-3-5-9/h6-12,24H,13H2,1-5H3;1-8,14-15H. The van der Waals surface area contributed by atoms with Crippen LogP contribution in [0.1, 0.15) is 62.5 Å². The number of benzene rings is 4. The number of hydrogen-bond acceptors (Lipinski definition) is 6. The van der Waals surface area contributed by atoms with E-state index in [0.29, 0.717) is 11.3 Å². The Bertz CT molecular complexity index is 1600. The SMILES string of the molecule is CC(C)(C)CC(C)(C)c1ccc(O)c(-n2nc3ccccc3n2)c1.O=C(c1ccccc1)c1ccc(O)cc1O. The largest absolute Gasteiger partial charge is 0.508 e. The van der Waals surface area contributed by atoms with E-state index in [0.717, 1.165) is 23.5 Å². The molecule has 7 nitrogen and oxygen atoms in total. The van der Waals surface area contributed by atoms with Crippen molar-refractivity contribution in [3.8, 4) is 22.9 Å². The molecule has 0 saturated heterocycles. The second-order valence-electron chi connectivity index (χ2n) is 11.7. The van der Waals surface area contributed by atoms with Crippen molar-refractivity contribution in [1.29, 1.82) is 0 Å². The van der Waals surface area contributed by atoms with Crippen LogP contribution < -0.4 is 0 Å². The van der Waals surface area contributed by atoms with Gasteiger partial charge in [0, 0.05) is 11.6 Å². The highest BCUT2D eigenvalue weighted by Gasteiger charge is 2.28. The van der Waals surface area contributed by atoms with Gasteiger partial charge in [0.25, 0.3) is 0 Å². The van der Waals surface area contributed by atoms with E-state index in [1.54, 1.807) is 30.3 Å². The zero-order valence-electron chi connectivity index (χ0n) is 23.5. The lowest BCUT2D eigenvalue weighted by molar-refractivity contribution is 0.103. The van der Waals surface area contributed by atoms with E-state index in [1.807, 2.05) is 42.5 Å². The Morgan fingerprint density at radius 1 is 0.725 bits per heavy atom. The van der Waals surface area contributed by atoms with Crippen LogP contribution in [0.3, 0.4) is 0 Å². The van der Waals surface area contributed by atoms with Gasteiger partial charge in [0.15, 0.2) is 5.78 Å².